The molecule has 0 atom stereocenters. The number of nitrogen functional groups attached to an aromatic ring is 1. The quantitative estimate of drug-likeness (QED) is 0.820. The number of nitrogens with zero attached hydrogens (tertiary/aromatic N) is 2. The van der Waals surface area contributed by atoms with Crippen LogP contribution in [0.2, 0.25) is 0 Å². The van der Waals surface area contributed by atoms with Crippen molar-refractivity contribution in [2.75, 3.05) is 5.73 Å². The van der Waals surface area contributed by atoms with E-state index in [1.54, 1.807) is 12.4 Å². The fourth-order valence-electron chi connectivity index (χ4n) is 1.48. The van der Waals surface area contributed by atoms with Gasteiger partial charge in [0.25, 0.3) is 0 Å². The van der Waals surface area contributed by atoms with Crippen molar-refractivity contribution in [1.82, 2.24) is 9.97 Å². The molecule has 0 aliphatic rings. The maximum atomic E-state index is 5.71. The number of aryl methyl sites for hydroxylation is 2. The zero-order valence-electron chi connectivity index (χ0n) is 8.43. The highest BCUT2D eigenvalue weighted by molar-refractivity contribution is 5.33. The van der Waals surface area contributed by atoms with Crippen LogP contribution in [-0.4, -0.2) is 9.97 Å². The maximum absolute atomic E-state index is 5.71. The molecule has 0 saturated heterocycles. The average Bonchev–Trinajstić information content (AvgIpc) is 2.29. The molecule has 0 aliphatic heterocycles. The highest BCUT2D eigenvalue weighted by Crippen LogP contribution is 2.08. The Morgan fingerprint density at radius 1 is 0.933 bits per heavy atom. The summed E-state index contributed by atoms with van der Waals surface area (Å²) >= 11 is 0. The molecule has 2 rings (SSSR count). The molecule has 0 radical (unpaired) electrons. The molecule has 0 aliphatic carbocycles. The van der Waals surface area contributed by atoms with Crippen molar-refractivity contribution >= 4 is 5.82 Å². The van der Waals surface area contributed by atoms with E-state index < -0.39 is 0 Å². The van der Waals surface area contributed by atoms with Crippen molar-refractivity contribution < 1.29 is 0 Å². The number of hydrogen-bond acceptors (Lipinski definition) is 3. The van der Waals surface area contributed by atoms with E-state index in [9.17, 15) is 0 Å². The van der Waals surface area contributed by atoms with Gasteiger partial charge in [0, 0.05) is 12.4 Å². The number of hydrogen-bond donors (Lipinski definition) is 1. The average molecular weight is 199 g/mol. The minimum absolute atomic E-state index is 0.536. The summed E-state index contributed by atoms with van der Waals surface area (Å²) in [5, 5.41) is 0. The van der Waals surface area contributed by atoms with Gasteiger partial charge < -0.3 is 5.73 Å². The van der Waals surface area contributed by atoms with Crippen LogP contribution in [0.1, 0.15) is 11.3 Å². The summed E-state index contributed by atoms with van der Waals surface area (Å²) in [5.74, 6) is 0.536. The Kier molecular flexibility index (Phi) is 2.93. The van der Waals surface area contributed by atoms with Crippen molar-refractivity contribution in [3.05, 3.63) is 54.0 Å². The Morgan fingerprint density at radius 3 is 2.40 bits per heavy atom. The summed E-state index contributed by atoms with van der Waals surface area (Å²) in [6.45, 7) is 0. The molecule has 2 N–H and O–H groups in total. The molecule has 76 valence electrons. The predicted molar refractivity (Wildman–Crippen MR) is 60.3 cm³/mol. The summed E-state index contributed by atoms with van der Waals surface area (Å²) in [4.78, 5) is 8.21. The van der Waals surface area contributed by atoms with Crippen molar-refractivity contribution in [2.45, 2.75) is 12.8 Å². The van der Waals surface area contributed by atoms with Gasteiger partial charge in [0.05, 0.1) is 5.69 Å². The molecule has 2 aromatic rings. The van der Waals surface area contributed by atoms with Crippen LogP contribution in [0.5, 0.6) is 0 Å². The van der Waals surface area contributed by atoms with E-state index >= 15 is 0 Å². The number of anilines is 1. The molecule has 1 aromatic heterocycles. The van der Waals surface area contributed by atoms with Gasteiger partial charge in [0.1, 0.15) is 5.82 Å². The van der Waals surface area contributed by atoms with Crippen LogP contribution in [0.25, 0.3) is 0 Å². The third-order valence-electron chi connectivity index (χ3n) is 2.30. The molecule has 0 fully saturated rings. The van der Waals surface area contributed by atoms with Crippen LogP contribution in [-0.2, 0) is 12.8 Å². The summed E-state index contributed by atoms with van der Waals surface area (Å²) < 4.78 is 0. The highest BCUT2D eigenvalue weighted by atomic mass is 14.9. The van der Waals surface area contributed by atoms with Crippen molar-refractivity contribution in [2.24, 2.45) is 0 Å². The molecule has 0 saturated carbocycles. The second kappa shape index (κ2) is 4.55. The summed E-state index contributed by atoms with van der Waals surface area (Å²) in [6.07, 6.45) is 5.07. The molecule has 0 bridgehead atoms. The first kappa shape index (κ1) is 9.65. The van der Waals surface area contributed by atoms with Crippen LogP contribution in [0, 0.1) is 0 Å². The fourth-order valence-corrected chi connectivity index (χ4v) is 1.48. The molecule has 3 heteroatoms. The zero-order chi connectivity index (χ0) is 10.5. The van der Waals surface area contributed by atoms with E-state index in [1.807, 2.05) is 18.2 Å². The minimum Gasteiger partial charge on any atom is -0.382 e. The molecular weight excluding hydrogens is 186 g/mol. The van der Waals surface area contributed by atoms with Gasteiger partial charge in [-0.1, -0.05) is 30.3 Å². The molecule has 0 spiro atoms. The Hall–Kier alpha value is -1.90. The zero-order valence-corrected chi connectivity index (χ0v) is 8.43. The van der Waals surface area contributed by atoms with Gasteiger partial charge in [-0.05, 0) is 18.4 Å². The fraction of sp³-hybridized carbons (Fsp3) is 0.167. The van der Waals surface area contributed by atoms with Gasteiger partial charge in [-0.2, -0.15) is 0 Å². The molecule has 15 heavy (non-hydrogen) atoms. The number of nitrogens with two attached hydrogens (primary N) is 1. The van der Waals surface area contributed by atoms with E-state index in [2.05, 4.69) is 22.1 Å². The van der Waals surface area contributed by atoms with Gasteiger partial charge in [0.15, 0.2) is 0 Å². The highest BCUT2D eigenvalue weighted by Gasteiger charge is 2.00. The summed E-state index contributed by atoms with van der Waals surface area (Å²) in [5.41, 5.74) is 7.88. The van der Waals surface area contributed by atoms with Gasteiger partial charge in [-0.3, -0.25) is 4.98 Å². The standard InChI is InChI=1S/C12H13N3/c13-12-11(14-8-9-15-12)7-6-10-4-2-1-3-5-10/h1-5,8-9H,6-7H2,(H2,13,15). The van der Waals surface area contributed by atoms with Crippen molar-refractivity contribution in [3.63, 3.8) is 0 Å². The molecular formula is C12H13N3. The van der Waals surface area contributed by atoms with Gasteiger partial charge in [0.2, 0.25) is 0 Å². The number of rotatable bonds is 3. The summed E-state index contributed by atoms with van der Waals surface area (Å²) in [7, 11) is 0. The van der Waals surface area contributed by atoms with Crippen LogP contribution >= 0.6 is 0 Å². The Balaban J connectivity index is 2.03. The first-order valence-electron chi connectivity index (χ1n) is 4.95. The third-order valence-corrected chi connectivity index (χ3v) is 2.30. The van der Waals surface area contributed by atoms with E-state index in [4.69, 9.17) is 5.73 Å². The Morgan fingerprint density at radius 2 is 1.67 bits per heavy atom. The molecule has 3 nitrogen and oxygen atoms in total. The topological polar surface area (TPSA) is 51.8 Å². The first-order chi connectivity index (χ1) is 7.36. The second-order valence-corrected chi connectivity index (χ2v) is 3.37. The summed E-state index contributed by atoms with van der Waals surface area (Å²) in [6, 6.07) is 10.3. The van der Waals surface area contributed by atoms with Crippen LogP contribution in [0.3, 0.4) is 0 Å². The van der Waals surface area contributed by atoms with E-state index in [-0.39, 0.29) is 0 Å². The monoisotopic (exact) mass is 199 g/mol. The Bertz CT molecular complexity index is 426. The number of aromatic nitrogens is 2. The smallest absolute Gasteiger partial charge is 0.145 e. The lowest BCUT2D eigenvalue weighted by Crippen LogP contribution is -2.01. The number of benzene rings is 1. The van der Waals surface area contributed by atoms with Crippen LogP contribution in [0.4, 0.5) is 5.82 Å². The lowest BCUT2D eigenvalue weighted by Gasteiger charge is -2.02. The van der Waals surface area contributed by atoms with Crippen molar-refractivity contribution in [1.29, 1.82) is 0 Å². The first-order valence-corrected chi connectivity index (χ1v) is 4.95. The lowest BCUT2D eigenvalue weighted by atomic mass is 10.1. The lowest BCUT2D eigenvalue weighted by molar-refractivity contribution is 0.905. The predicted octanol–water partition coefficient (Wildman–Crippen LogP) is 1.84. The van der Waals surface area contributed by atoms with E-state index in [1.165, 1.54) is 5.56 Å². The molecule has 1 heterocycles. The van der Waals surface area contributed by atoms with E-state index in [0.29, 0.717) is 5.82 Å². The third kappa shape index (κ3) is 2.53. The molecule has 1 aromatic carbocycles. The molecule has 0 unspecified atom stereocenters. The van der Waals surface area contributed by atoms with Gasteiger partial charge in [-0.15, -0.1) is 0 Å². The SMILES string of the molecule is Nc1nccnc1CCc1ccccc1. The normalized spacial score (nSPS) is 10.1. The van der Waals surface area contributed by atoms with Crippen LogP contribution < -0.4 is 5.73 Å². The second-order valence-electron chi connectivity index (χ2n) is 3.37. The van der Waals surface area contributed by atoms with Crippen molar-refractivity contribution in [3.8, 4) is 0 Å². The van der Waals surface area contributed by atoms with Crippen LogP contribution in [0.15, 0.2) is 42.7 Å². The van der Waals surface area contributed by atoms with Gasteiger partial charge >= 0.3 is 0 Å². The van der Waals surface area contributed by atoms with Gasteiger partial charge in [-0.25, -0.2) is 4.98 Å². The largest absolute Gasteiger partial charge is 0.382 e. The molecule has 0 amide bonds. The van der Waals surface area contributed by atoms with E-state index in [0.717, 1.165) is 18.5 Å². The Labute approximate surface area is 89.0 Å². The maximum Gasteiger partial charge on any atom is 0.145 e. The minimum atomic E-state index is 0.536.